The van der Waals surface area contributed by atoms with Gasteiger partial charge in [-0.05, 0) is 36.4 Å². The van der Waals surface area contributed by atoms with Crippen molar-refractivity contribution in [3.8, 4) is 0 Å². The maximum Gasteiger partial charge on any atom is 0.306 e. The van der Waals surface area contributed by atoms with Gasteiger partial charge in [0.2, 0.25) is 0 Å². The van der Waals surface area contributed by atoms with Gasteiger partial charge in [-0.15, -0.1) is 0 Å². The summed E-state index contributed by atoms with van der Waals surface area (Å²) < 4.78 is 5.09. The average molecular weight is 291 g/mol. The molecule has 21 heavy (non-hydrogen) atoms. The number of hydrogen-bond acceptors (Lipinski definition) is 3. The highest BCUT2D eigenvalue weighted by Crippen LogP contribution is 2.29. The molecule has 4 heteroatoms. The van der Waals surface area contributed by atoms with E-state index in [9.17, 15) is 9.90 Å². The molecular weight excluding hydrogens is 266 g/mol. The fourth-order valence-corrected chi connectivity index (χ4v) is 3.10. The molecule has 1 aromatic rings. The lowest BCUT2D eigenvalue weighted by atomic mass is 9.79. The Labute approximate surface area is 126 Å². The highest BCUT2D eigenvalue weighted by molar-refractivity contribution is 5.70. The highest BCUT2D eigenvalue weighted by atomic mass is 16.5. The lowest BCUT2D eigenvalue weighted by molar-refractivity contribution is -0.144. The molecule has 2 atom stereocenters. The predicted molar refractivity (Wildman–Crippen MR) is 81.9 cm³/mol. The normalized spacial score (nSPS) is 22.1. The molecular formula is C17H25NO3. The molecule has 1 aromatic carbocycles. The third kappa shape index (κ3) is 4.83. The van der Waals surface area contributed by atoms with Crippen LogP contribution in [0.5, 0.6) is 0 Å². The first-order chi connectivity index (χ1) is 10.2. The van der Waals surface area contributed by atoms with Crippen LogP contribution in [-0.4, -0.2) is 24.7 Å². The molecule has 1 aliphatic carbocycles. The maximum atomic E-state index is 11.3. The zero-order valence-electron chi connectivity index (χ0n) is 12.7. The van der Waals surface area contributed by atoms with Gasteiger partial charge in [-0.1, -0.05) is 37.1 Å². The Morgan fingerprint density at radius 2 is 1.90 bits per heavy atom. The molecule has 2 rings (SSSR count). The largest absolute Gasteiger partial charge is 0.481 e. The summed E-state index contributed by atoms with van der Waals surface area (Å²) >= 11 is 0. The van der Waals surface area contributed by atoms with Crippen molar-refractivity contribution in [3.63, 3.8) is 0 Å². The van der Waals surface area contributed by atoms with Crippen LogP contribution in [0.2, 0.25) is 0 Å². The van der Waals surface area contributed by atoms with E-state index in [1.54, 1.807) is 7.11 Å². The van der Waals surface area contributed by atoms with Gasteiger partial charge >= 0.3 is 5.97 Å². The number of carbonyl (C=O) groups is 1. The van der Waals surface area contributed by atoms with Crippen LogP contribution in [0.3, 0.4) is 0 Å². The number of nitrogens with one attached hydrogen (secondary N) is 1. The van der Waals surface area contributed by atoms with Crippen molar-refractivity contribution in [3.05, 3.63) is 35.4 Å². The lowest BCUT2D eigenvalue weighted by Crippen LogP contribution is -2.34. The second-order valence-corrected chi connectivity index (χ2v) is 5.87. The summed E-state index contributed by atoms with van der Waals surface area (Å²) in [7, 11) is 1.69. The number of hydrogen-bond donors (Lipinski definition) is 2. The summed E-state index contributed by atoms with van der Waals surface area (Å²) in [5.74, 6) is -0.537. The molecule has 116 valence electrons. The van der Waals surface area contributed by atoms with E-state index in [1.807, 2.05) is 0 Å². The van der Waals surface area contributed by atoms with Crippen molar-refractivity contribution in [2.24, 2.45) is 11.8 Å². The molecule has 0 bridgehead atoms. The van der Waals surface area contributed by atoms with Crippen molar-refractivity contribution in [1.82, 2.24) is 5.32 Å². The first-order valence-corrected chi connectivity index (χ1v) is 7.71. The summed E-state index contributed by atoms with van der Waals surface area (Å²) in [6, 6.07) is 8.33. The van der Waals surface area contributed by atoms with Gasteiger partial charge in [-0.25, -0.2) is 0 Å². The van der Waals surface area contributed by atoms with E-state index in [1.165, 1.54) is 11.1 Å². The van der Waals surface area contributed by atoms with Crippen LogP contribution in [-0.2, 0) is 22.7 Å². The first kappa shape index (κ1) is 16.0. The van der Waals surface area contributed by atoms with Gasteiger partial charge in [0.05, 0.1) is 12.5 Å². The van der Waals surface area contributed by atoms with E-state index < -0.39 is 5.97 Å². The molecule has 2 N–H and O–H groups in total. The molecule has 0 amide bonds. The molecule has 0 spiro atoms. The zero-order valence-corrected chi connectivity index (χ0v) is 12.7. The average Bonchev–Trinajstić information content (AvgIpc) is 2.50. The monoisotopic (exact) mass is 291 g/mol. The third-order valence-corrected chi connectivity index (χ3v) is 4.30. The number of ether oxygens (including phenoxy) is 1. The fraction of sp³-hybridized carbons (Fsp3) is 0.588. The maximum absolute atomic E-state index is 11.3. The topological polar surface area (TPSA) is 58.6 Å². The number of benzene rings is 1. The smallest absolute Gasteiger partial charge is 0.306 e. The minimum absolute atomic E-state index is 0.171. The minimum Gasteiger partial charge on any atom is -0.481 e. The Kier molecular flexibility index (Phi) is 6.21. The van der Waals surface area contributed by atoms with Crippen LogP contribution >= 0.6 is 0 Å². The summed E-state index contributed by atoms with van der Waals surface area (Å²) in [5, 5.41) is 12.7. The van der Waals surface area contributed by atoms with Crippen LogP contribution in [0.4, 0.5) is 0 Å². The number of carboxylic acids is 1. The van der Waals surface area contributed by atoms with Crippen LogP contribution in [0.1, 0.15) is 36.8 Å². The Morgan fingerprint density at radius 1 is 1.24 bits per heavy atom. The van der Waals surface area contributed by atoms with Gasteiger partial charge in [0.1, 0.15) is 0 Å². The highest BCUT2D eigenvalue weighted by Gasteiger charge is 2.30. The van der Waals surface area contributed by atoms with Crippen LogP contribution in [0.25, 0.3) is 0 Å². The van der Waals surface area contributed by atoms with E-state index in [4.69, 9.17) is 4.74 Å². The first-order valence-electron chi connectivity index (χ1n) is 7.71. The summed E-state index contributed by atoms with van der Waals surface area (Å²) in [4.78, 5) is 11.3. The lowest BCUT2D eigenvalue weighted by Gasteiger charge is -2.28. The Hall–Kier alpha value is -1.39. The molecule has 0 heterocycles. The van der Waals surface area contributed by atoms with E-state index in [0.29, 0.717) is 6.61 Å². The van der Waals surface area contributed by atoms with Crippen molar-refractivity contribution < 1.29 is 14.6 Å². The zero-order chi connectivity index (χ0) is 15.1. The van der Waals surface area contributed by atoms with E-state index in [0.717, 1.165) is 38.8 Å². The molecule has 0 saturated heterocycles. The van der Waals surface area contributed by atoms with E-state index in [-0.39, 0.29) is 11.8 Å². The second-order valence-electron chi connectivity index (χ2n) is 5.87. The van der Waals surface area contributed by atoms with Crippen LogP contribution < -0.4 is 5.32 Å². The van der Waals surface area contributed by atoms with Gasteiger partial charge in [0.25, 0.3) is 0 Å². The van der Waals surface area contributed by atoms with Gasteiger partial charge in [0, 0.05) is 13.7 Å². The fourth-order valence-electron chi connectivity index (χ4n) is 3.10. The molecule has 2 unspecified atom stereocenters. The van der Waals surface area contributed by atoms with E-state index >= 15 is 0 Å². The van der Waals surface area contributed by atoms with Crippen molar-refractivity contribution in [1.29, 1.82) is 0 Å². The quantitative estimate of drug-likeness (QED) is 0.811. The second kappa shape index (κ2) is 8.15. The standard InChI is InChI=1S/C17H25NO3/c1-21-12-14-8-6-13(7-9-14)10-18-11-15-4-2-3-5-16(15)17(19)20/h6-9,15-16,18H,2-5,10-12H2,1H3,(H,19,20). The number of carboxylic acid groups (broad SMARTS) is 1. The molecule has 0 aromatic heterocycles. The number of methoxy groups -OCH3 is 1. The Bertz CT molecular complexity index is 444. The molecule has 0 aliphatic heterocycles. The molecule has 0 radical (unpaired) electrons. The Morgan fingerprint density at radius 3 is 2.57 bits per heavy atom. The van der Waals surface area contributed by atoms with Crippen molar-refractivity contribution >= 4 is 5.97 Å². The molecule has 1 aliphatic rings. The number of rotatable bonds is 7. The van der Waals surface area contributed by atoms with Crippen LogP contribution in [0, 0.1) is 11.8 Å². The summed E-state index contributed by atoms with van der Waals surface area (Å²) in [5.41, 5.74) is 2.39. The molecule has 1 saturated carbocycles. The van der Waals surface area contributed by atoms with Crippen molar-refractivity contribution in [2.45, 2.75) is 38.8 Å². The van der Waals surface area contributed by atoms with Gasteiger partial charge in [-0.2, -0.15) is 0 Å². The number of aliphatic carboxylic acids is 1. The van der Waals surface area contributed by atoms with Gasteiger partial charge < -0.3 is 15.2 Å². The molecule has 4 nitrogen and oxygen atoms in total. The summed E-state index contributed by atoms with van der Waals surface area (Å²) in [6.07, 6.45) is 4.06. The minimum atomic E-state index is -0.634. The van der Waals surface area contributed by atoms with Gasteiger partial charge in [0.15, 0.2) is 0 Å². The van der Waals surface area contributed by atoms with Crippen molar-refractivity contribution in [2.75, 3.05) is 13.7 Å². The summed E-state index contributed by atoms with van der Waals surface area (Å²) in [6.45, 7) is 2.21. The SMILES string of the molecule is COCc1ccc(CNCC2CCCCC2C(=O)O)cc1. The predicted octanol–water partition coefficient (Wildman–Crippen LogP) is 2.81. The third-order valence-electron chi connectivity index (χ3n) is 4.30. The van der Waals surface area contributed by atoms with Crippen LogP contribution in [0.15, 0.2) is 24.3 Å². The van der Waals surface area contributed by atoms with Gasteiger partial charge in [-0.3, -0.25) is 4.79 Å². The molecule has 1 fully saturated rings. The Balaban J connectivity index is 1.78. The van der Waals surface area contributed by atoms with E-state index in [2.05, 4.69) is 29.6 Å².